The third-order valence-corrected chi connectivity index (χ3v) is 3.75. The average molecular weight is 278 g/mol. The second-order valence-corrected chi connectivity index (χ2v) is 5.75. The van der Waals surface area contributed by atoms with E-state index in [0.29, 0.717) is 5.92 Å². The van der Waals surface area contributed by atoms with E-state index in [1.165, 1.54) is 0 Å². The fourth-order valence-electron chi connectivity index (χ4n) is 2.24. The van der Waals surface area contributed by atoms with Gasteiger partial charge in [0.25, 0.3) is 0 Å². The molecular weight excluding hydrogens is 258 g/mol. The zero-order valence-corrected chi connectivity index (χ0v) is 12.6. The van der Waals surface area contributed by atoms with E-state index in [1.54, 1.807) is 4.68 Å². The summed E-state index contributed by atoms with van der Waals surface area (Å²) in [4.78, 5) is 0. The molecule has 0 bridgehead atoms. The number of nitrogens with zero attached hydrogens (tertiary/aromatic N) is 2. The monoisotopic (exact) mass is 277 g/mol. The summed E-state index contributed by atoms with van der Waals surface area (Å²) < 4.78 is 1.73. The van der Waals surface area contributed by atoms with Crippen molar-refractivity contribution in [2.24, 2.45) is 13.0 Å². The van der Waals surface area contributed by atoms with Gasteiger partial charge >= 0.3 is 0 Å². The molecule has 1 aromatic carbocycles. The quantitative estimate of drug-likeness (QED) is 0.927. The first kappa shape index (κ1) is 13.9. The van der Waals surface area contributed by atoms with Crippen molar-refractivity contribution in [1.29, 1.82) is 0 Å². The molecule has 0 aliphatic carbocycles. The number of hydrogen-bond acceptors (Lipinski definition) is 2. The van der Waals surface area contributed by atoms with Crippen LogP contribution in [0.25, 0.3) is 11.3 Å². The second kappa shape index (κ2) is 5.25. The molecule has 0 spiro atoms. The fraction of sp³-hybridized carbons (Fsp3) is 0.400. The van der Waals surface area contributed by atoms with Gasteiger partial charge in [-0.3, -0.25) is 4.68 Å². The maximum Gasteiger partial charge on any atom is 0.125 e. The molecule has 4 heteroatoms. The van der Waals surface area contributed by atoms with Crippen molar-refractivity contribution in [3.05, 3.63) is 34.3 Å². The molecule has 0 radical (unpaired) electrons. The van der Waals surface area contributed by atoms with E-state index in [0.717, 1.165) is 39.6 Å². The van der Waals surface area contributed by atoms with Gasteiger partial charge in [0.2, 0.25) is 0 Å². The first-order valence-corrected chi connectivity index (χ1v) is 6.86. The fourth-order valence-corrected chi connectivity index (χ4v) is 2.45. The number of nitrogens with two attached hydrogens (primary N) is 1. The highest BCUT2D eigenvalue weighted by Crippen LogP contribution is 2.34. The van der Waals surface area contributed by atoms with Crippen LogP contribution < -0.4 is 5.73 Å². The van der Waals surface area contributed by atoms with Crippen LogP contribution in [0.15, 0.2) is 18.2 Å². The summed E-state index contributed by atoms with van der Waals surface area (Å²) in [6, 6.07) is 6.00. The number of anilines is 1. The van der Waals surface area contributed by atoms with Crippen molar-refractivity contribution in [1.82, 2.24) is 9.78 Å². The Balaban J connectivity index is 2.62. The lowest BCUT2D eigenvalue weighted by Gasteiger charge is -2.09. The second-order valence-electron chi connectivity index (χ2n) is 5.37. The number of halogens is 1. The molecule has 2 rings (SSSR count). The van der Waals surface area contributed by atoms with Crippen LogP contribution in [0.2, 0.25) is 5.02 Å². The molecule has 3 nitrogen and oxygen atoms in total. The van der Waals surface area contributed by atoms with Gasteiger partial charge in [0.05, 0.1) is 10.7 Å². The summed E-state index contributed by atoms with van der Waals surface area (Å²) in [5.41, 5.74) is 10.1. The van der Waals surface area contributed by atoms with Gasteiger partial charge in [0.1, 0.15) is 5.82 Å². The lowest BCUT2D eigenvalue weighted by Crippen LogP contribution is -2.02. The molecule has 2 N–H and O–H groups in total. The number of nitrogen functional groups attached to an aromatic ring is 1. The van der Waals surface area contributed by atoms with E-state index in [-0.39, 0.29) is 0 Å². The van der Waals surface area contributed by atoms with Crippen LogP contribution in [-0.4, -0.2) is 9.78 Å². The Labute approximate surface area is 119 Å². The molecule has 102 valence electrons. The standard InChI is InChI=1S/C15H20ClN3/c1-9(2)8-12-14(18-19(4)15(12)17)11-7-5-6-10(3)13(11)16/h5-7,9H,8,17H2,1-4H3. The van der Waals surface area contributed by atoms with Gasteiger partial charge in [-0.25, -0.2) is 0 Å². The largest absolute Gasteiger partial charge is 0.384 e. The van der Waals surface area contributed by atoms with Crippen LogP contribution >= 0.6 is 11.6 Å². The number of aromatic nitrogens is 2. The summed E-state index contributed by atoms with van der Waals surface area (Å²) >= 11 is 6.41. The number of hydrogen-bond donors (Lipinski definition) is 1. The Morgan fingerprint density at radius 1 is 1.37 bits per heavy atom. The Hall–Kier alpha value is -1.48. The molecule has 0 fully saturated rings. The first-order valence-electron chi connectivity index (χ1n) is 6.48. The van der Waals surface area contributed by atoms with Crippen molar-refractivity contribution >= 4 is 17.4 Å². The maximum absolute atomic E-state index is 6.41. The molecule has 19 heavy (non-hydrogen) atoms. The highest BCUT2D eigenvalue weighted by molar-refractivity contribution is 6.34. The minimum atomic E-state index is 0.522. The van der Waals surface area contributed by atoms with Gasteiger partial charge in [-0.15, -0.1) is 0 Å². The van der Waals surface area contributed by atoms with Crippen molar-refractivity contribution in [3.63, 3.8) is 0 Å². The summed E-state index contributed by atoms with van der Waals surface area (Å²) in [5, 5.41) is 5.30. The van der Waals surface area contributed by atoms with E-state index in [9.17, 15) is 0 Å². The van der Waals surface area contributed by atoms with E-state index in [4.69, 9.17) is 17.3 Å². The predicted molar refractivity (Wildman–Crippen MR) is 81.3 cm³/mol. The minimum absolute atomic E-state index is 0.522. The Morgan fingerprint density at radius 3 is 2.68 bits per heavy atom. The van der Waals surface area contributed by atoms with Crippen LogP contribution in [-0.2, 0) is 13.5 Å². The van der Waals surface area contributed by atoms with Crippen molar-refractivity contribution < 1.29 is 0 Å². The molecule has 1 heterocycles. The normalized spacial score (nSPS) is 11.3. The Bertz CT molecular complexity index is 600. The predicted octanol–water partition coefficient (Wildman–Crippen LogP) is 3.83. The van der Waals surface area contributed by atoms with Crippen LogP contribution in [0.1, 0.15) is 25.0 Å². The van der Waals surface area contributed by atoms with Gasteiger partial charge in [-0.05, 0) is 24.8 Å². The van der Waals surface area contributed by atoms with Crippen molar-refractivity contribution in [2.75, 3.05) is 5.73 Å². The Morgan fingerprint density at radius 2 is 2.05 bits per heavy atom. The van der Waals surface area contributed by atoms with Gasteiger partial charge < -0.3 is 5.73 Å². The molecule has 0 unspecified atom stereocenters. The third-order valence-electron chi connectivity index (χ3n) is 3.25. The van der Waals surface area contributed by atoms with Crippen molar-refractivity contribution in [3.8, 4) is 11.3 Å². The molecule has 0 aliphatic heterocycles. The van der Waals surface area contributed by atoms with E-state index < -0.39 is 0 Å². The summed E-state index contributed by atoms with van der Waals surface area (Å²) in [6.45, 7) is 6.35. The van der Waals surface area contributed by atoms with Gasteiger partial charge in [0.15, 0.2) is 0 Å². The molecule has 2 aromatic rings. The zero-order chi connectivity index (χ0) is 14.2. The van der Waals surface area contributed by atoms with E-state index in [1.807, 2.05) is 32.2 Å². The lowest BCUT2D eigenvalue weighted by molar-refractivity contribution is 0.648. The highest BCUT2D eigenvalue weighted by Gasteiger charge is 2.18. The van der Waals surface area contributed by atoms with Gasteiger partial charge in [-0.1, -0.05) is 43.6 Å². The van der Waals surface area contributed by atoms with E-state index in [2.05, 4.69) is 18.9 Å². The minimum Gasteiger partial charge on any atom is -0.384 e. The first-order chi connectivity index (χ1) is 8.91. The Kier molecular flexibility index (Phi) is 3.85. The smallest absolute Gasteiger partial charge is 0.125 e. The van der Waals surface area contributed by atoms with E-state index >= 15 is 0 Å². The molecule has 0 saturated heterocycles. The van der Waals surface area contributed by atoms with Crippen LogP contribution in [0.4, 0.5) is 5.82 Å². The topological polar surface area (TPSA) is 43.8 Å². The summed E-state index contributed by atoms with van der Waals surface area (Å²) in [6.07, 6.45) is 0.902. The highest BCUT2D eigenvalue weighted by atomic mass is 35.5. The SMILES string of the molecule is Cc1cccc(-c2nn(C)c(N)c2CC(C)C)c1Cl. The molecular formula is C15H20ClN3. The van der Waals surface area contributed by atoms with Crippen LogP contribution in [0, 0.1) is 12.8 Å². The zero-order valence-electron chi connectivity index (χ0n) is 11.9. The molecule has 1 aromatic heterocycles. The third kappa shape index (κ3) is 2.61. The number of benzene rings is 1. The number of rotatable bonds is 3. The molecule has 0 saturated carbocycles. The lowest BCUT2D eigenvalue weighted by atomic mass is 9.98. The van der Waals surface area contributed by atoms with Crippen LogP contribution in [0.3, 0.4) is 0 Å². The van der Waals surface area contributed by atoms with Crippen molar-refractivity contribution in [2.45, 2.75) is 27.2 Å². The average Bonchev–Trinajstić information content (AvgIpc) is 2.60. The molecule has 0 aliphatic rings. The van der Waals surface area contributed by atoms with Gasteiger partial charge in [0, 0.05) is 18.2 Å². The van der Waals surface area contributed by atoms with Crippen LogP contribution in [0.5, 0.6) is 0 Å². The van der Waals surface area contributed by atoms with Gasteiger partial charge in [-0.2, -0.15) is 5.10 Å². The summed E-state index contributed by atoms with van der Waals surface area (Å²) in [7, 11) is 1.87. The summed E-state index contributed by atoms with van der Waals surface area (Å²) in [5.74, 6) is 1.25. The maximum atomic E-state index is 6.41. The molecule has 0 amide bonds. The molecule has 0 atom stereocenters. The number of aryl methyl sites for hydroxylation is 2.